The summed E-state index contributed by atoms with van der Waals surface area (Å²) in [5.74, 6) is 0.266. The maximum absolute atomic E-state index is 13.2. The molecule has 0 aliphatic carbocycles. The highest BCUT2D eigenvalue weighted by Gasteiger charge is 2.06. The van der Waals surface area contributed by atoms with Crippen LogP contribution < -0.4 is 0 Å². The predicted octanol–water partition coefficient (Wildman–Crippen LogP) is 12.3. The summed E-state index contributed by atoms with van der Waals surface area (Å²) in [7, 11) is 0. The van der Waals surface area contributed by atoms with E-state index in [0.717, 1.165) is 32.0 Å². The van der Waals surface area contributed by atoms with Gasteiger partial charge in [-0.05, 0) is 132 Å². The van der Waals surface area contributed by atoms with E-state index in [0.29, 0.717) is 18.8 Å². The summed E-state index contributed by atoms with van der Waals surface area (Å²) in [5.41, 5.74) is 0. The largest absolute Gasteiger partial charge is 0.378 e. The number of rotatable bonds is 5. The number of benzene rings is 3. The molecule has 204 valence electrons. The van der Waals surface area contributed by atoms with Gasteiger partial charge in [-0.1, -0.05) is 7.43 Å². The molecule has 0 saturated heterocycles. The number of halogens is 6. The first-order valence-electron chi connectivity index (χ1n) is 11.0. The molecule has 0 amide bonds. The number of hydrogen-bond acceptors (Lipinski definition) is 4. The fourth-order valence-electron chi connectivity index (χ4n) is 3.05. The molecule has 2 aromatic heterocycles. The summed E-state index contributed by atoms with van der Waals surface area (Å²) in [6.07, 6.45) is 0.201. The standard InChI is InChI=1S/C11H14BrFOS.2C8H4BrFS.CH4/c1-3-14-8(2)7-15-9-4-5-10(12)11(13)6-9;9-6-3-5-1-2-11-8(5)4-7(6)10;9-6-1-2-7-5(8(6)10)3-4-11-7;/h4-6,8H,3,7H2,1-2H3;2*1-4H;1H4. The molecule has 38 heavy (non-hydrogen) atoms. The van der Waals surface area contributed by atoms with Crippen molar-refractivity contribution in [3.8, 4) is 0 Å². The van der Waals surface area contributed by atoms with Gasteiger partial charge < -0.3 is 4.74 Å². The van der Waals surface area contributed by atoms with Gasteiger partial charge >= 0.3 is 0 Å². The zero-order valence-corrected chi connectivity index (χ0v) is 27.0. The zero-order chi connectivity index (χ0) is 26.9. The summed E-state index contributed by atoms with van der Waals surface area (Å²) in [4.78, 5) is 0.933. The van der Waals surface area contributed by atoms with E-state index >= 15 is 0 Å². The van der Waals surface area contributed by atoms with Crippen molar-refractivity contribution in [3.63, 3.8) is 0 Å². The summed E-state index contributed by atoms with van der Waals surface area (Å²) < 4.78 is 48.2. The summed E-state index contributed by atoms with van der Waals surface area (Å²) in [5, 5.41) is 5.63. The average Bonchev–Trinajstić information content (AvgIpc) is 3.53. The molecule has 1 unspecified atom stereocenters. The molecular formula is C28H26Br3F3OS3. The van der Waals surface area contributed by atoms with E-state index in [-0.39, 0.29) is 31.0 Å². The normalized spacial score (nSPS) is 11.3. The SMILES string of the molecule is C.CCOC(C)CSc1ccc(Br)c(F)c1.Fc1c(Br)ccc2sccc12.Fc1cc2sccc2cc1Br. The van der Waals surface area contributed by atoms with Crippen LogP contribution in [0.3, 0.4) is 0 Å². The lowest BCUT2D eigenvalue weighted by molar-refractivity contribution is 0.0932. The van der Waals surface area contributed by atoms with E-state index in [1.54, 1.807) is 64.8 Å². The first kappa shape index (κ1) is 33.3. The van der Waals surface area contributed by atoms with Gasteiger partial charge in [-0.15, -0.1) is 34.4 Å². The first-order valence-corrected chi connectivity index (χ1v) is 16.1. The minimum absolute atomic E-state index is 0. The van der Waals surface area contributed by atoms with Gasteiger partial charge in [0.1, 0.15) is 17.5 Å². The Balaban J connectivity index is 0.000000200. The maximum Gasteiger partial charge on any atom is 0.146 e. The fraction of sp³-hybridized carbons (Fsp3) is 0.214. The lowest BCUT2D eigenvalue weighted by Gasteiger charge is -2.10. The third kappa shape index (κ3) is 9.64. The van der Waals surface area contributed by atoms with E-state index in [2.05, 4.69) is 47.8 Å². The highest BCUT2D eigenvalue weighted by atomic mass is 79.9. The Hall–Kier alpha value is -0.880. The van der Waals surface area contributed by atoms with Gasteiger partial charge in [0, 0.05) is 32.0 Å². The van der Waals surface area contributed by atoms with Crippen LogP contribution in [0.1, 0.15) is 21.3 Å². The molecular weight excluding hydrogens is 745 g/mol. The average molecular weight is 771 g/mol. The molecule has 0 aliphatic rings. The third-order valence-corrected chi connectivity index (χ3v) is 9.69. The second kappa shape index (κ2) is 16.4. The molecule has 1 atom stereocenters. The second-order valence-corrected chi connectivity index (χ2v) is 13.1. The minimum atomic E-state index is -0.218. The first-order chi connectivity index (χ1) is 17.7. The Bertz CT molecular complexity index is 1420. The highest BCUT2D eigenvalue weighted by molar-refractivity contribution is 9.11. The molecule has 5 rings (SSSR count). The molecule has 5 aromatic rings. The van der Waals surface area contributed by atoms with Crippen LogP contribution >= 0.6 is 82.2 Å². The van der Waals surface area contributed by atoms with E-state index in [1.807, 2.05) is 42.8 Å². The number of hydrogen-bond donors (Lipinski definition) is 0. The monoisotopic (exact) mass is 768 g/mol. The predicted molar refractivity (Wildman–Crippen MR) is 172 cm³/mol. The third-order valence-electron chi connectivity index (χ3n) is 4.84. The van der Waals surface area contributed by atoms with Crippen LogP contribution in [0.25, 0.3) is 20.2 Å². The maximum atomic E-state index is 13.2. The van der Waals surface area contributed by atoms with Gasteiger partial charge in [0.15, 0.2) is 0 Å². The summed E-state index contributed by atoms with van der Waals surface area (Å²) >= 11 is 14.1. The molecule has 0 radical (unpaired) electrons. The minimum Gasteiger partial charge on any atom is -0.378 e. The van der Waals surface area contributed by atoms with Crippen molar-refractivity contribution < 1.29 is 17.9 Å². The van der Waals surface area contributed by atoms with Crippen LogP contribution in [0.4, 0.5) is 13.2 Å². The Kier molecular flexibility index (Phi) is 14.4. The number of thioether (sulfide) groups is 1. The number of thiophene rings is 2. The van der Waals surface area contributed by atoms with Crippen molar-refractivity contribution in [2.24, 2.45) is 0 Å². The van der Waals surface area contributed by atoms with Crippen molar-refractivity contribution in [2.45, 2.75) is 32.3 Å². The molecule has 0 fully saturated rings. The molecule has 0 bridgehead atoms. The molecule has 0 N–H and O–H groups in total. The molecule has 1 nitrogen and oxygen atoms in total. The molecule has 10 heteroatoms. The van der Waals surface area contributed by atoms with Gasteiger partial charge in [-0.2, -0.15) is 0 Å². The lowest BCUT2D eigenvalue weighted by Crippen LogP contribution is -2.10. The van der Waals surface area contributed by atoms with Crippen LogP contribution in [0.5, 0.6) is 0 Å². The van der Waals surface area contributed by atoms with Crippen LogP contribution in [-0.4, -0.2) is 18.5 Å². The van der Waals surface area contributed by atoms with E-state index in [1.165, 1.54) is 6.07 Å². The topological polar surface area (TPSA) is 9.23 Å². The Morgan fingerprint density at radius 1 is 0.816 bits per heavy atom. The van der Waals surface area contributed by atoms with Gasteiger partial charge in [-0.25, -0.2) is 13.2 Å². The van der Waals surface area contributed by atoms with Crippen molar-refractivity contribution in [3.05, 3.63) is 96.2 Å². The summed E-state index contributed by atoms with van der Waals surface area (Å²) in [6, 6.07) is 15.9. The molecule has 2 heterocycles. The zero-order valence-electron chi connectivity index (χ0n) is 19.7. The van der Waals surface area contributed by atoms with Crippen LogP contribution in [-0.2, 0) is 4.74 Å². The van der Waals surface area contributed by atoms with Crippen LogP contribution in [0, 0.1) is 17.5 Å². The van der Waals surface area contributed by atoms with Crippen molar-refractivity contribution in [1.29, 1.82) is 0 Å². The van der Waals surface area contributed by atoms with E-state index < -0.39 is 0 Å². The smallest absolute Gasteiger partial charge is 0.146 e. The Morgan fingerprint density at radius 2 is 1.47 bits per heavy atom. The molecule has 0 aliphatic heterocycles. The number of ether oxygens (including phenoxy) is 1. The molecule has 0 spiro atoms. The van der Waals surface area contributed by atoms with Crippen LogP contribution in [0.15, 0.2) is 83.7 Å². The van der Waals surface area contributed by atoms with Gasteiger partial charge in [0.2, 0.25) is 0 Å². The van der Waals surface area contributed by atoms with E-state index in [9.17, 15) is 13.2 Å². The quantitative estimate of drug-likeness (QED) is 0.165. The van der Waals surface area contributed by atoms with Gasteiger partial charge in [-0.3, -0.25) is 0 Å². The van der Waals surface area contributed by atoms with E-state index in [4.69, 9.17) is 4.74 Å². The highest BCUT2D eigenvalue weighted by Crippen LogP contribution is 2.29. The van der Waals surface area contributed by atoms with Gasteiger partial charge in [0.05, 0.1) is 19.5 Å². The Morgan fingerprint density at radius 3 is 2.18 bits per heavy atom. The summed E-state index contributed by atoms with van der Waals surface area (Å²) in [6.45, 7) is 4.71. The van der Waals surface area contributed by atoms with Gasteiger partial charge in [0.25, 0.3) is 0 Å². The van der Waals surface area contributed by atoms with Crippen molar-refractivity contribution in [1.82, 2.24) is 0 Å². The molecule has 0 saturated carbocycles. The van der Waals surface area contributed by atoms with Crippen LogP contribution in [0.2, 0.25) is 0 Å². The lowest BCUT2D eigenvalue weighted by atomic mass is 10.2. The second-order valence-electron chi connectivity index (χ2n) is 7.57. The Labute approximate surface area is 259 Å². The van der Waals surface area contributed by atoms with Crippen molar-refractivity contribution >= 4 is 102 Å². The number of fused-ring (bicyclic) bond motifs is 2. The molecule has 3 aromatic carbocycles. The fourth-order valence-corrected chi connectivity index (χ4v) is 6.46. The van der Waals surface area contributed by atoms with Crippen molar-refractivity contribution in [2.75, 3.05) is 12.4 Å².